The number of fused-ring (bicyclic) bond motifs is 1. The second-order valence-electron chi connectivity index (χ2n) is 6.43. The summed E-state index contributed by atoms with van der Waals surface area (Å²) in [4.78, 5) is 3.06. The van der Waals surface area contributed by atoms with E-state index in [1.807, 2.05) is 0 Å². The van der Waals surface area contributed by atoms with Gasteiger partial charge < -0.3 is 14.5 Å². The molecule has 0 spiro atoms. The van der Waals surface area contributed by atoms with Crippen molar-refractivity contribution in [2.75, 3.05) is 13.7 Å². The highest BCUT2D eigenvalue weighted by molar-refractivity contribution is 7.89. The summed E-state index contributed by atoms with van der Waals surface area (Å²) in [6.45, 7) is 1.80. The van der Waals surface area contributed by atoms with Gasteiger partial charge >= 0.3 is 6.36 Å². The van der Waals surface area contributed by atoms with E-state index in [-0.39, 0.29) is 34.4 Å². The summed E-state index contributed by atoms with van der Waals surface area (Å²) in [6.07, 6.45) is -4.54. The topological polar surface area (TPSA) is 80.4 Å². The van der Waals surface area contributed by atoms with Crippen LogP contribution < -0.4 is 14.2 Å². The van der Waals surface area contributed by atoms with Gasteiger partial charge in [0.25, 0.3) is 0 Å². The number of aromatic nitrogens is 1. The predicted molar refractivity (Wildman–Crippen MR) is 107 cm³/mol. The molecular weight excluding hydrogens is 445 g/mol. The zero-order valence-electron chi connectivity index (χ0n) is 15.9. The molecule has 1 aromatic heterocycles. The zero-order chi connectivity index (χ0) is 22.1. The lowest BCUT2D eigenvalue weighted by Gasteiger charge is -2.10. The molecule has 1 heterocycles. The number of ether oxygens (including phenoxy) is 2. The van der Waals surface area contributed by atoms with Crippen LogP contribution in [0.1, 0.15) is 11.3 Å². The number of aryl methyl sites for hydroxylation is 1. The van der Waals surface area contributed by atoms with Crippen LogP contribution in [-0.2, 0) is 16.4 Å². The molecule has 30 heavy (non-hydrogen) atoms. The Morgan fingerprint density at radius 2 is 1.90 bits per heavy atom. The van der Waals surface area contributed by atoms with Gasteiger partial charge in [-0.3, -0.25) is 0 Å². The van der Waals surface area contributed by atoms with Crippen molar-refractivity contribution >= 4 is 32.5 Å². The summed E-state index contributed by atoms with van der Waals surface area (Å²) in [5.74, 6) is -0.117. The third-order valence-corrected chi connectivity index (χ3v) is 6.20. The van der Waals surface area contributed by atoms with Crippen LogP contribution in [0.5, 0.6) is 11.5 Å². The molecule has 0 radical (unpaired) electrons. The van der Waals surface area contributed by atoms with Crippen LogP contribution in [0.15, 0.2) is 41.3 Å². The lowest BCUT2D eigenvalue weighted by molar-refractivity contribution is -0.274. The van der Waals surface area contributed by atoms with E-state index >= 15 is 0 Å². The Bertz CT molecular complexity index is 1180. The average Bonchev–Trinajstić information content (AvgIpc) is 2.95. The smallest absolute Gasteiger partial charge is 0.495 e. The van der Waals surface area contributed by atoms with E-state index in [2.05, 4.69) is 14.4 Å². The molecule has 0 fully saturated rings. The van der Waals surface area contributed by atoms with Gasteiger partial charge in [-0.1, -0.05) is 11.6 Å². The standard InChI is InChI=1S/C19H18ClF3N2O4S/c1-11-14(15-9-12(29-19(21,22)23)3-6-17(15)25-11)7-8-24-30(26,27)13-4-5-16(20)18(10-13)28-2/h3-6,9-10,24-25H,7-8H2,1-2H3. The SMILES string of the molecule is COc1cc(S(=O)(=O)NCCc2c(C)[nH]c3ccc(OC(F)(F)F)cc23)ccc1Cl. The van der Waals surface area contributed by atoms with Gasteiger partial charge in [0.1, 0.15) is 11.5 Å². The van der Waals surface area contributed by atoms with Crippen molar-refractivity contribution in [3.05, 3.63) is 52.7 Å². The molecule has 0 bridgehead atoms. The van der Waals surface area contributed by atoms with Gasteiger partial charge in [0, 0.05) is 29.2 Å². The molecule has 2 N–H and O–H groups in total. The molecule has 0 amide bonds. The van der Waals surface area contributed by atoms with Crippen molar-refractivity contribution in [3.63, 3.8) is 0 Å². The molecule has 162 valence electrons. The monoisotopic (exact) mass is 462 g/mol. The van der Waals surface area contributed by atoms with Crippen molar-refractivity contribution in [1.29, 1.82) is 0 Å². The Morgan fingerprint density at radius 1 is 1.17 bits per heavy atom. The van der Waals surface area contributed by atoms with Crippen LogP contribution in [0.4, 0.5) is 13.2 Å². The fourth-order valence-corrected chi connectivity index (χ4v) is 4.32. The first-order chi connectivity index (χ1) is 14.0. The van der Waals surface area contributed by atoms with Gasteiger partial charge in [0.15, 0.2) is 0 Å². The molecule has 0 atom stereocenters. The number of H-pyrrole nitrogens is 1. The Hall–Kier alpha value is -2.43. The number of rotatable bonds is 7. The van der Waals surface area contributed by atoms with Gasteiger partial charge in [-0.2, -0.15) is 0 Å². The number of benzene rings is 2. The number of methoxy groups -OCH3 is 1. The highest BCUT2D eigenvalue weighted by Gasteiger charge is 2.31. The van der Waals surface area contributed by atoms with E-state index in [1.54, 1.807) is 6.92 Å². The molecule has 0 aliphatic heterocycles. The first-order valence-electron chi connectivity index (χ1n) is 8.70. The molecule has 2 aromatic carbocycles. The molecule has 0 saturated heterocycles. The number of nitrogens with one attached hydrogen (secondary N) is 2. The Labute approximate surface area is 176 Å². The van der Waals surface area contributed by atoms with Crippen LogP contribution in [-0.4, -0.2) is 33.4 Å². The van der Waals surface area contributed by atoms with E-state index in [0.29, 0.717) is 16.5 Å². The van der Waals surface area contributed by atoms with Gasteiger partial charge in [0.2, 0.25) is 10.0 Å². The van der Waals surface area contributed by atoms with Crippen LogP contribution in [0, 0.1) is 6.92 Å². The molecule has 0 aliphatic carbocycles. The van der Waals surface area contributed by atoms with E-state index in [1.165, 1.54) is 43.5 Å². The van der Waals surface area contributed by atoms with Crippen molar-refractivity contribution in [1.82, 2.24) is 9.71 Å². The minimum atomic E-state index is -4.80. The minimum Gasteiger partial charge on any atom is -0.495 e. The van der Waals surface area contributed by atoms with E-state index < -0.39 is 16.4 Å². The molecule has 0 aliphatic rings. The van der Waals surface area contributed by atoms with Gasteiger partial charge in [-0.05, 0) is 49.2 Å². The van der Waals surface area contributed by atoms with Gasteiger partial charge in [-0.25, -0.2) is 13.1 Å². The summed E-state index contributed by atoms with van der Waals surface area (Å²) in [5.41, 5.74) is 2.04. The van der Waals surface area contributed by atoms with Crippen LogP contribution >= 0.6 is 11.6 Å². The number of halogens is 4. The lowest BCUT2D eigenvalue weighted by atomic mass is 10.1. The molecule has 3 rings (SSSR count). The first-order valence-corrected chi connectivity index (χ1v) is 10.6. The molecule has 0 saturated carbocycles. The maximum Gasteiger partial charge on any atom is 0.573 e. The summed E-state index contributed by atoms with van der Waals surface area (Å²) < 4.78 is 74.1. The molecule has 3 aromatic rings. The van der Waals surface area contributed by atoms with Gasteiger partial charge in [-0.15, -0.1) is 13.2 Å². The average molecular weight is 463 g/mol. The number of aromatic amines is 1. The Morgan fingerprint density at radius 3 is 2.57 bits per heavy atom. The van der Waals surface area contributed by atoms with Crippen molar-refractivity contribution in [2.24, 2.45) is 0 Å². The minimum absolute atomic E-state index is 0.0136. The fraction of sp³-hybridized carbons (Fsp3) is 0.263. The van der Waals surface area contributed by atoms with Crippen LogP contribution in [0.3, 0.4) is 0 Å². The highest BCUT2D eigenvalue weighted by Crippen LogP contribution is 2.30. The Balaban J connectivity index is 1.78. The zero-order valence-corrected chi connectivity index (χ0v) is 17.5. The maximum atomic E-state index is 12.5. The number of sulfonamides is 1. The lowest BCUT2D eigenvalue weighted by Crippen LogP contribution is -2.26. The molecular formula is C19H18ClF3N2O4S. The maximum absolute atomic E-state index is 12.5. The first kappa shape index (κ1) is 22.3. The molecule has 6 nitrogen and oxygen atoms in total. The number of hydrogen-bond acceptors (Lipinski definition) is 4. The Kier molecular flexibility index (Phi) is 6.21. The summed E-state index contributed by atoms with van der Waals surface area (Å²) in [7, 11) is -2.46. The third-order valence-electron chi connectivity index (χ3n) is 4.42. The van der Waals surface area contributed by atoms with E-state index in [9.17, 15) is 21.6 Å². The molecule has 11 heteroatoms. The number of hydrogen-bond donors (Lipinski definition) is 2. The second-order valence-corrected chi connectivity index (χ2v) is 8.60. The van der Waals surface area contributed by atoms with Crippen molar-refractivity contribution in [2.45, 2.75) is 24.6 Å². The highest BCUT2D eigenvalue weighted by atomic mass is 35.5. The molecule has 0 unspecified atom stereocenters. The third kappa shape index (κ3) is 5.00. The summed E-state index contributed by atoms with van der Waals surface area (Å²) in [6, 6.07) is 8.05. The predicted octanol–water partition coefficient (Wildman–Crippen LogP) is 4.56. The van der Waals surface area contributed by atoms with Crippen LogP contribution in [0.25, 0.3) is 10.9 Å². The summed E-state index contributed by atoms with van der Waals surface area (Å²) >= 11 is 5.92. The van der Waals surface area contributed by atoms with Crippen molar-refractivity contribution < 1.29 is 31.1 Å². The van der Waals surface area contributed by atoms with Crippen LogP contribution in [0.2, 0.25) is 5.02 Å². The van der Waals surface area contributed by atoms with Crippen molar-refractivity contribution in [3.8, 4) is 11.5 Å². The fourth-order valence-electron chi connectivity index (χ4n) is 3.08. The van der Waals surface area contributed by atoms with E-state index in [0.717, 1.165) is 5.69 Å². The van der Waals surface area contributed by atoms with Gasteiger partial charge in [0.05, 0.1) is 17.0 Å². The largest absolute Gasteiger partial charge is 0.573 e. The summed E-state index contributed by atoms with van der Waals surface area (Å²) in [5, 5.41) is 0.810. The quantitative estimate of drug-likeness (QED) is 0.539. The number of alkyl halides is 3. The van der Waals surface area contributed by atoms with E-state index in [4.69, 9.17) is 16.3 Å². The normalized spacial score (nSPS) is 12.3. The second kappa shape index (κ2) is 8.37.